The number of fused-ring (bicyclic) bond motifs is 1. The van der Waals surface area contributed by atoms with Crippen LogP contribution in [0.5, 0.6) is 0 Å². The first kappa shape index (κ1) is 12.3. The zero-order valence-electron chi connectivity index (χ0n) is 10.8. The molecule has 0 bridgehead atoms. The van der Waals surface area contributed by atoms with Crippen molar-refractivity contribution < 1.29 is 4.39 Å². The molecule has 102 valence electrons. The molecule has 0 fully saturated rings. The van der Waals surface area contributed by atoms with Gasteiger partial charge in [-0.1, -0.05) is 0 Å². The third-order valence-corrected chi connectivity index (χ3v) is 2.95. The van der Waals surface area contributed by atoms with Crippen LogP contribution in [0.15, 0.2) is 30.7 Å². The molecule has 0 aliphatic heterocycles. The predicted molar refractivity (Wildman–Crippen MR) is 74.4 cm³/mol. The van der Waals surface area contributed by atoms with Gasteiger partial charge in [-0.25, -0.2) is 9.37 Å². The number of aromatic nitrogens is 4. The number of halogens is 1. The fraction of sp³-hybridized carbons (Fsp3) is 0.154. The van der Waals surface area contributed by atoms with E-state index in [0.717, 1.165) is 0 Å². The van der Waals surface area contributed by atoms with E-state index in [9.17, 15) is 4.39 Å². The Bertz CT molecular complexity index is 767. The highest BCUT2D eigenvalue weighted by Gasteiger charge is 2.12. The number of aryl methyl sites for hydroxylation is 1. The molecule has 3 N–H and O–H groups in total. The van der Waals surface area contributed by atoms with Crippen molar-refractivity contribution in [2.24, 2.45) is 7.05 Å². The van der Waals surface area contributed by atoms with Gasteiger partial charge >= 0.3 is 0 Å². The van der Waals surface area contributed by atoms with Gasteiger partial charge in [0.25, 0.3) is 0 Å². The molecule has 0 saturated heterocycles. The van der Waals surface area contributed by atoms with Gasteiger partial charge in [0.15, 0.2) is 11.6 Å². The van der Waals surface area contributed by atoms with Crippen LogP contribution in [0.3, 0.4) is 0 Å². The van der Waals surface area contributed by atoms with Crippen molar-refractivity contribution in [1.29, 1.82) is 0 Å². The monoisotopic (exact) mass is 272 g/mol. The number of pyridine rings is 1. The Balaban J connectivity index is 1.98. The van der Waals surface area contributed by atoms with E-state index in [0.29, 0.717) is 34.6 Å². The quantitative estimate of drug-likeness (QED) is 0.709. The summed E-state index contributed by atoms with van der Waals surface area (Å²) >= 11 is 0. The van der Waals surface area contributed by atoms with E-state index >= 15 is 0 Å². The third-order valence-electron chi connectivity index (χ3n) is 2.95. The van der Waals surface area contributed by atoms with Crippen molar-refractivity contribution >= 4 is 22.3 Å². The van der Waals surface area contributed by atoms with Gasteiger partial charge < -0.3 is 11.1 Å². The van der Waals surface area contributed by atoms with Crippen LogP contribution in [-0.4, -0.2) is 19.7 Å². The molecule has 3 rings (SSSR count). The fourth-order valence-corrected chi connectivity index (χ4v) is 2.04. The first-order valence-corrected chi connectivity index (χ1v) is 6.06. The molecule has 7 heteroatoms. The highest BCUT2D eigenvalue weighted by Crippen LogP contribution is 2.29. The second kappa shape index (κ2) is 4.76. The van der Waals surface area contributed by atoms with Crippen LogP contribution in [0.2, 0.25) is 0 Å². The summed E-state index contributed by atoms with van der Waals surface area (Å²) in [4.78, 5) is 8.27. The smallest absolute Gasteiger partial charge is 0.169 e. The van der Waals surface area contributed by atoms with Gasteiger partial charge in [0.2, 0.25) is 0 Å². The molecule has 1 aromatic carbocycles. The van der Waals surface area contributed by atoms with E-state index in [4.69, 9.17) is 5.73 Å². The van der Waals surface area contributed by atoms with E-state index < -0.39 is 5.82 Å². The average molecular weight is 272 g/mol. The van der Waals surface area contributed by atoms with Crippen LogP contribution in [0, 0.1) is 5.82 Å². The van der Waals surface area contributed by atoms with E-state index in [-0.39, 0.29) is 0 Å². The minimum atomic E-state index is -0.440. The summed E-state index contributed by atoms with van der Waals surface area (Å²) < 4.78 is 15.6. The van der Waals surface area contributed by atoms with Crippen LogP contribution in [0.25, 0.3) is 10.9 Å². The molecule has 0 amide bonds. The van der Waals surface area contributed by atoms with Crippen molar-refractivity contribution in [3.63, 3.8) is 0 Å². The van der Waals surface area contributed by atoms with Gasteiger partial charge in [-0.05, 0) is 18.2 Å². The van der Waals surface area contributed by atoms with Crippen molar-refractivity contribution in [3.8, 4) is 0 Å². The lowest BCUT2D eigenvalue weighted by Gasteiger charge is -2.10. The molecular weight excluding hydrogens is 259 g/mol. The summed E-state index contributed by atoms with van der Waals surface area (Å²) in [6.45, 7) is 0.313. The molecule has 2 heterocycles. The van der Waals surface area contributed by atoms with Gasteiger partial charge in [-0.2, -0.15) is 5.10 Å². The van der Waals surface area contributed by atoms with Crippen LogP contribution in [0.1, 0.15) is 5.82 Å². The van der Waals surface area contributed by atoms with Crippen LogP contribution >= 0.6 is 0 Å². The summed E-state index contributed by atoms with van der Waals surface area (Å²) in [6.07, 6.45) is 3.19. The van der Waals surface area contributed by atoms with Gasteiger partial charge in [-0.15, -0.1) is 0 Å². The van der Waals surface area contributed by atoms with E-state index in [2.05, 4.69) is 20.4 Å². The lowest BCUT2D eigenvalue weighted by Crippen LogP contribution is -2.06. The predicted octanol–water partition coefficient (Wildman–Crippen LogP) is 1.70. The number of nitrogen functional groups attached to an aromatic ring is 1. The second-order valence-corrected chi connectivity index (χ2v) is 4.41. The van der Waals surface area contributed by atoms with E-state index in [1.54, 1.807) is 36.4 Å². The number of nitrogens with one attached hydrogen (secondary N) is 1. The van der Waals surface area contributed by atoms with Gasteiger partial charge in [0, 0.05) is 24.3 Å². The van der Waals surface area contributed by atoms with Crippen molar-refractivity contribution in [2.45, 2.75) is 6.54 Å². The SMILES string of the molecule is Cn1cnc(CNc2c(F)cc(N)c3cccnc23)n1. The number of benzene rings is 1. The summed E-state index contributed by atoms with van der Waals surface area (Å²) in [5, 5.41) is 7.82. The molecule has 0 aliphatic carbocycles. The summed E-state index contributed by atoms with van der Waals surface area (Å²) in [5.41, 5.74) is 6.98. The highest BCUT2D eigenvalue weighted by atomic mass is 19.1. The number of hydrogen-bond donors (Lipinski definition) is 2. The molecule has 3 aromatic rings. The normalized spacial score (nSPS) is 10.9. The largest absolute Gasteiger partial charge is 0.398 e. The molecule has 2 aromatic heterocycles. The standard InChI is InChI=1S/C13H13FN6/c1-20-7-18-11(19-20)6-17-13-9(14)5-10(15)8-3-2-4-16-12(8)13/h2-5,7,17H,6,15H2,1H3. The maximum Gasteiger partial charge on any atom is 0.169 e. The molecule has 0 saturated carbocycles. The number of hydrogen-bond acceptors (Lipinski definition) is 5. The molecule has 20 heavy (non-hydrogen) atoms. The van der Waals surface area contributed by atoms with Gasteiger partial charge in [0.1, 0.15) is 6.33 Å². The van der Waals surface area contributed by atoms with Crippen LogP contribution in [-0.2, 0) is 13.6 Å². The topological polar surface area (TPSA) is 81.7 Å². The first-order chi connectivity index (χ1) is 9.65. The number of rotatable bonds is 3. The summed E-state index contributed by atoms with van der Waals surface area (Å²) in [5.74, 6) is 0.137. The Morgan fingerprint density at radius 1 is 1.40 bits per heavy atom. The number of nitrogens with zero attached hydrogens (tertiary/aromatic N) is 4. The minimum absolute atomic E-state index is 0.308. The summed E-state index contributed by atoms with van der Waals surface area (Å²) in [7, 11) is 1.78. The molecule has 0 aliphatic rings. The van der Waals surface area contributed by atoms with Crippen LogP contribution in [0.4, 0.5) is 15.8 Å². The maximum atomic E-state index is 14.1. The molecule has 0 unspecified atom stereocenters. The lowest BCUT2D eigenvalue weighted by molar-refractivity contribution is 0.631. The van der Waals surface area contributed by atoms with Crippen molar-refractivity contribution in [1.82, 2.24) is 19.7 Å². The fourth-order valence-electron chi connectivity index (χ4n) is 2.04. The van der Waals surface area contributed by atoms with Crippen molar-refractivity contribution in [2.75, 3.05) is 11.1 Å². The van der Waals surface area contributed by atoms with Gasteiger partial charge in [-0.3, -0.25) is 9.67 Å². The zero-order valence-corrected chi connectivity index (χ0v) is 10.8. The Hall–Kier alpha value is -2.70. The second-order valence-electron chi connectivity index (χ2n) is 4.41. The number of nitrogens with two attached hydrogens (primary N) is 1. The lowest BCUT2D eigenvalue weighted by atomic mass is 10.1. The van der Waals surface area contributed by atoms with E-state index in [1.165, 1.54) is 6.07 Å². The molecule has 0 spiro atoms. The average Bonchev–Trinajstić information content (AvgIpc) is 2.84. The Morgan fingerprint density at radius 3 is 3.00 bits per heavy atom. The third kappa shape index (κ3) is 2.13. The van der Waals surface area contributed by atoms with E-state index in [1.807, 2.05) is 0 Å². The maximum absolute atomic E-state index is 14.1. The van der Waals surface area contributed by atoms with Gasteiger partial charge in [0.05, 0.1) is 17.7 Å². The molecule has 6 nitrogen and oxygen atoms in total. The van der Waals surface area contributed by atoms with Crippen LogP contribution < -0.4 is 11.1 Å². The molecular formula is C13H13FN6. The zero-order chi connectivity index (χ0) is 14.1. The van der Waals surface area contributed by atoms with Crippen molar-refractivity contribution in [3.05, 3.63) is 42.4 Å². The molecule has 0 atom stereocenters. The summed E-state index contributed by atoms with van der Waals surface area (Å²) in [6, 6.07) is 4.86. The number of anilines is 2. The molecule has 0 radical (unpaired) electrons. The Morgan fingerprint density at radius 2 is 2.25 bits per heavy atom. The first-order valence-electron chi connectivity index (χ1n) is 6.06. The highest BCUT2D eigenvalue weighted by molar-refractivity contribution is 5.98. The Labute approximate surface area is 114 Å². The minimum Gasteiger partial charge on any atom is -0.398 e. The Kier molecular flexibility index (Phi) is 2.94.